The van der Waals surface area contributed by atoms with E-state index in [-0.39, 0.29) is 73.7 Å². The summed E-state index contributed by atoms with van der Waals surface area (Å²) in [6.45, 7) is 24.5. The first-order chi connectivity index (χ1) is 27.5. The van der Waals surface area contributed by atoms with Crippen LogP contribution in [0.2, 0.25) is 0 Å². The average molecular weight is 853 g/mol. The van der Waals surface area contributed by atoms with Gasteiger partial charge in [-0.3, -0.25) is 28.8 Å². The van der Waals surface area contributed by atoms with Crippen molar-refractivity contribution in [2.24, 2.45) is 23.7 Å². The minimum Gasteiger partial charge on any atom is -0.345 e. The van der Waals surface area contributed by atoms with Crippen molar-refractivity contribution >= 4 is 35.2 Å². The molecule has 0 rings (SSSR count). The van der Waals surface area contributed by atoms with E-state index in [0.29, 0.717) is 38.5 Å². The summed E-state index contributed by atoms with van der Waals surface area (Å²) >= 11 is 0. The van der Waals surface area contributed by atoms with Gasteiger partial charge in [0.25, 0.3) is 0 Å². The summed E-state index contributed by atoms with van der Waals surface area (Å²) < 4.78 is 0. The highest BCUT2D eigenvalue weighted by atomic mass is 16.2. The number of rotatable bonds is 34. The molecule has 0 bridgehead atoms. The average Bonchev–Trinajstić information content (AvgIpc) is 3.16. The topological polar surface area (TPSA) is 151 Å². The van der Waals surface area contributed by atoms with E-state index >= 15 is 0 Å². The van der Waals surface area contributed by atoms with Crippen molar-refractivity contribution in [1.82, 2.24) is 21.3 Å². The van der Waals surface area contributed by atoms with Gasteiger partial charge in [-0.2, -0.15) is 0 Å². The third kappa shape index (κ3) is 32.0. The number of unbranched alkanes of at least 4 members (excludes halogenated alkanes) is 8. The Hall–Kier alpha value is -2.78. The van der Waals surface area contributed by atoms with Gasteiger partial charge in [0.15, 0.2) is 11.6 Å². The molecule has 4 N–H and O–H groups in total. The van der Waals surface area contributed by atoms with Crippen LogP contribution < -0.4 is 21.3 Å². The van der Waals surface area contributed by atoms with Gasteiger partial charge >= 0.3 is 0 Å². The van der Waals surface area contributed by atoms with Gasteiger partial charge in [-0.15, -0.1) is 0 Å². The van der Waals surface area contributed by atoms with Crippen LogP contribution in [0.3, 0.4) is 0 Å². The highest BCUT2D eigenvalue weighted by Crippen LogP contribution is 2.15. The summed E-state index contributed by atoms with van der Waals surface area (Å²) in [5.74, 6) is -0.0442. The van der Waals surface area contributed by atoms with Crippen LogP contribution in [0.1, 0.15) is 239 Å². The van der Waals surface area contributed by atoms with E-state index in [1.807, 2.05) is 41.5 Å². The molecular formula is C50H100N4O6. The van der Waals surface area contributed by atoms with Gasteiger partial charge in [0.2, 0.25) is 23.6 Å². The number of carbonyl (C=O) groups is 6. The quantitative estimate of drug-likeness (QED) is 0.0473. The normalized spacial score (nSPS) is 13.8. The number of ketones is 2. The Labute approximate surface area is 371 Å². The van der Waals surface area contributed by atoms with E-state index in [2.05, 4.69) is 62.8 Å². The van der Waals surface area contributed by atoms with Crippen LogP contribution in [0.5, 0.6) is 0 Å². The lowest BCUT2D eigenvalue weighted by molar-refractivity contribution is -0.133. The minimum atomic E-state index is -0.561. The zero-order valence-corrected chi connectivity index (χ0v) is 39.6. The molecule has 0 aromatic heterocycles. The molecule has 0 aromatic rings. The maximum Gasteiger partial charge on any atom is 0.243 e. The second-order valence-electron chi connectivity index (χ2n) is 17.7. The van der Waals surface area contributed by atoms with Crippen molar-refractivity contribution < 1.29 is 28.8 Å². The molecule has 0 heterocycles. The minimum absolute atomic E-state index is 0. The van der Waals surface area contributed by atoms with Crippen LogP contribution >= 0.6 is 0 Å². The number of Topliss-reactive ketones (excluding diaryl/α,β-unsaturated/α-hetero) is 2. The Morgan fingerprint density at radius 2 is 0.583 bits per heavy atom. The highest BCUT2D eigenvalue weighted by molar-refractivity contribution is 5.94. The summed E-state index contributed by atoms with van der Waals surface area (Å²) in [4.78, 5) is 76.4. The summed E-state index contributed by atoms with van der Waals surface area (Å²) in [5.41, 5.74) is 0. The van der Waals surface area contributed by atoms with Crippen molar-refractivity contribution in [1.29, 1.82) is 0 Å². The molecule has 0 aliphatic carbocycles. The van der Waals surface area contributed by atoms with E-state index < -0.39 is 24.2 Å². The molecule has 0 aliphatic rings. The monoisotopic (exact) mass is 853 g/mol. The molecule has 356 valence electrons. The van der Waals surface area contributed by atoms with Crippen LogP contribution in [0, 0.1) is 23.7 Å². The smallest absolute Gasteiger partial charge is 0.243 e. The Morgan fingerprint density at radius 3 is 0.817 bits per heavy atom. The van der Waals surface area contributed by atoms with Crippen molar-refractivity contribution in [2.45, 2.75) is 263 Å². The van der Waals surface area contributed by atoms with Crippen LogP contribution in [0.4, 0.5) is 0 Å². The molecule has 0 saturated heterocycles. The third-order valence-corrected chi connectivity index (χ3v) is 10.6. The molecule has 60 heavy (non-hydrogen) atoms. The van der Waals surface area contributed by atoms with Crippen molar-refractivity contribution in [3.8, 4) is 0 Å². The lowest BCUT2D eigenvalue weighted by Gasteiger charge is -2.24. The Morgan fingerprint density at radius 1 is 0.333 bits per heavy atom. The molecule has 0 fully saturated rings. The molecular weight excluding hydrogens is 753 g/mol. The maximum absolute atomic E-state index is 13.0. The number of hydrogen-bond donors (Lipinski definition) is 4. The first-order valence-corrected chi connectivity index (χ1v) is 23.8. The van der Waals surface area contributed by atoms with Crippen molar-refractivity contribution in [3.63, 3.8) is 0 Å². The van der Waals surface area contributed by atoms with Gasteiger partial charge in [0.05, 0.1) is 12.1 Å². The van der Waals surface area contributed by atoms with Crippen LogP contribution in [-0.4, -0.2) is 59.4 Å². The van der Waals surface area contributed by atoms with E-state index in [9.17, 15) is 28.8 Å². The van der Waals surface area contributed by atoms with Crippen molar-refractivity contribution in [3.05, 3.63) is 0 Å². The van der Waals surface area contributed by atoms with E-state index in [1.165, 1.54) is 0 Å². The number of carbonyl (C=O) groups excluding carboxylic acids is 6. The third-order valence-electron chi connectivity index (χ3n) is 10.6. The molecule has 4 amide bonds. The molecule has 0 radical (unpaired) electrons. The van der Waals surface area contributed by atoms with Gasteiger partial charge in [0, 0.05) is 24.7 Å². The zero-order chi connectivity index (χ0) is 44.5. The molecule has 0 aromatic carbocycles. The van der Waals surface area contributed by atoms with Gasteiger partial charge in [-0.05, 0) is 50.4 Å². The fourth-order valence-electron chi connectivity index (χ4n) is 6.95. The fraction of sp³-hybridized carbons (Fsp3) is 0.880. The Kier molecular flexibility index (Phi) is 42.9. The SMILES string of the molecule is C.C.CCCCCC(NC(=O)C(CCCCC)NC(=O)C(C)CCC)C(=O)CC(C)C.CCCCCC(NC(=O)C(CCCCC)NC(=O)C(C)CCC)C(=O)CC(C)C. The zero-order valence-electron chi connectivity index (χ0n) is 39.6. The van der Waals surface area contributed by atoms with Gasteiger partial charge in [0.1, 0.15) is 12.1 Å². The van der Waals surface area contributed by atoms with Crippen LogP contribution in [-0.2, 0) is 28.8 Å². The first kappa shape index (κ1) is 63.9. The fourth-order valence-corrected chi connectivity index (χ4v) is 6.95. The second-order valence-corrected chi connectivity index (χ2v) is 17.7. The molecule has 0 spiro atoms. The Bertz CT molecular complexity index is 1040. The molecule has 6 unspecified atom stereocenters. The highest BCUT2D eigenvalue weighted by Gasteiger charge is 2.29. The van der Waals surface area contributed by atoms with Crippen molar-refractivity contribution in [2.75, 3.05) is 0 Å². The molecule has 10 nitrogen and oxygen atoms in total. The summed E-state index contributed by atoms with van der Waals surface area (Å²) in [5, 5.41) is 11.9. The first-order valence-electron chi connectivity index (χ1n) is 23.8. The second kappa shape index (κ2) is 40.3. The van der Waals surface area contributed by atoms with Gasteiger partial charge in [-0.1, -0.05) is 188 Å². The maximum atomic E-state index is 13.0. The summed E-state index contributed by atoms with van der Waals surface area (Å²) in [6, 6.07) is -2.02. The van der Waals surface area contributed by atoms with Crippen LogP contribution in [0.15, 0.2) is 0 Å². The van der Waals surface area contributed by atoms with Gasteiger partial charge < -0.3 is 21.3 Å². The lowest BCUT2D eigenvalue weighted by atomic mass is 9.96. The standard InChI is InChI=1S/2C24H46N2O3.2CH4/c2*1-7-10-12-15-20(22(27)17-18(4)5)25-24(29)21(16-13-11-8-2)26-23(28)19(6)14-9-3;;/h2*18-21H,7-17H2,1-6H3,(H,25,29)(H,26,28);2*1H4. The predicted molar refractivity (Wildman–Crippen MR) is 255 cm³/mol. The summed E-state index contributed by atoms with van der Waals surface area (Å²) in [6.07, 6.45) is 19.0. The predicted octanol–water partition coefficient (Wildman–Crippen LogP) is 11.6. The number of amides is 4. The molecule has 0 aliphatic heterocycles. The molecule has 10 heteroatoms. The molecule has 6 atom stereocenters. The van der Waals surface area contributed by atoms with E-state index in [0.717, 1.165) is 103 Å². The Balaban J connectivity index is -0.000000506. The van der Waals surface area contributed by atoms with E-state index in [4.69, 9.17) is 0 Å². The molecule has 0 saturated carbocycles. The lowest BCUT2D eigenvalue weighted by Crippen LogP contribution is -2.52. The summed E-state index contributed by atoms with van der Waals surface area (Å²) in [7, 11) is 0. The van der Waals surface area contributed by atoms with Crippen LogP contribution in [0.25, 0.3) is 0 Å². The van der Waals surface area contributed by atoms with E-state index in [1.54, 1.807) is 0 Å². The largest absolute Gasteiger partial charge is 0.345 e. The number of hydrogen-bond acceptors (Lipinski definition) is 6. The van der Waals surface area contributed by atoms with Gasteiger partial charge in [-0.25, -0.2) is 0 Å². The number of nitrogens with one attached hydrogen (secondary N) is 4.